The van der Waals surface area contributed by atoms with Gasteiger partial charge in [0.25, 0.3) is 5.91 Å². The van der Waals surface area contributed by atoms with Crippen molar-refractivity contribution in [1.82, 2.24) is 15.5 Å². The number of H-pyrrole nitrogens is 1. The maximum absolute atomic E-state index is 12.1. The van der Waals surface area contributed by atoms with Gasteiger partial charge in [-0.05, 0) is 40.8 Å². The quantitative estimate of drug-likeness (QED) is 0.788. The topological polar surface area (TPSA) is 67.0 Å². The van der Waals surface area contributed by atoms with E-state index in [1.54, 1.807) is 24.4 Å². The smallest absolute Gasteiger partial charge is 0.255 e. The third kappa shape index (κ3) is 3.38. The van der Waals surface area contributed by atoms with E-state index in [0.29, 0.717) is 22.9 Å². The molecule has 2 N–H and O–H groups in total. The summed E-state index contributed by atoms with van der Waals surface area (Å²) in [7, 11) is 1.52. The molecule has 7 heteroatoms. The molecule has 0 fully saturated rings. The molecule has 0 saturated carbocycles. The van der Waals surface area contributed by atoms with E-state index >= 15 is 0 Å². The summed E-state index contributed by atoms with van der Waals surface area (Å²) >= 11 is 8.11. The number of methoxy groups -OCH3 is 1. The number of halogens is 2. The van der Waals surface area contributed by atoms with Crippen LogP contribution in [0.4, 0.5) is 0 Å². The Hall–Kier alpha value is -1.28. The Morgan fingerprint density at radius 1 is 1.58 bits per heavy atom. The van der Waals surface area contributed by atoms with E-state index in [-0.39, 0.29) is 5.91 Å². The van der Waals surface area contributed by atoms with E-state index in [9.17, 15) is 4.79 Å². The predicted octanol–water partition coefficient (Wildman–Crippen LogP) is 2.61. The summed E-state index contributed by atoms with van der Waals surface area (Å²) in [4.78, 5) is 12.1. The fourth-order valence-corrected chi connectivity index (χ4v) is 2.13. The Bertz CT molecular complexity index is 587. The molecule has 0 saturated heterocycles. The average Bonchev–Trinajstić information content (AvgIpc) is 2.91. The van der Waals surface area contributed by atoms with Crippen LogP contribution in [0.15, 0.2) is 24.4 Å². The average molecular weight is 392 g/mol. The van der Waals surface area contributed by atoms with Crippen molar-refractivity contribution >= 4 is 40.1 Å². The van der Waals surface area contributed by atoms with E-state index in [4.69, 9.17) is 16.3 Å². The molecule has 1 amide bonds. The number of aromatic amines is 1. The van der Waals surface area contributed by atoms with Gasteiger partial charge in [0.05, 0.1) is 29.9 Å². The van der Waals surface area contributed by atoms with Gasteiger partial charge < -0.3 is 10.1 Å². The Balaban J connectivity index is 2.16. The first-order valence-electron chi connectivity index (χ1n) is 5.41. The normalized spacial score (nSPS) is 10.3. The lowest BCUT2D eigenvalue weighted by molar-refractivity contribution is 0.0947. The summed E-state index contributed by atoms with van der Waals surface area (Å²) in [6.07, 6.45) is 1.63. The van der Waals surface area contributed by atoms with Crippen LogP contribution in [-0.2, 0) is 6.54 Å². The second-order valence-electron chi connectivity index (χ2n) is 3.73. The maximum atomic E-state index is 12.1. The molecular formula is C12H11ClIN3O2. The summed E-state index contributed by atoms with van der Waals surface area (Å²) in [5, 5.41) is 9.87. The molecule has 0 radical (unpaired) electrons. The summed E-state index contributed by atoms with van der Waals surface area (Å²) < 4.78 is 6.03. The molecule has 0 unspecified atom stereocenters. The minimum atomic E-state index is -0.246. The number of hydrogen-bond donors (Lipinski definition) is 2. The van der Waals surface area contributed by atoms with Crippen LogP contribution in [0.5, 0.6) is 5.75 Å². The lowest BCUT2D eigenvalue weighted by atomic mass is 10.2. The Kier molecular flexibility index (Phi) is 4.65. The van der Waals surface area contributed by atoms with E-state index in [1.165, 1.54) is 7.11 Å². The lowest BCUT2D eigenvalue weighted by Gasteiger charge is -2.10. The second kappa shape index (κ2) is 6.25. The third-order valence-electron chi connectivity index (χ3n) is 2.48. The van der Waals surface area contributed by atoms with Crippen molar-refractivity contribution in [1.29, 1.82) is 0 Å². The van der Waals surface area contributed by atoms with Gasteiger partial charge in [0.15, 0.2) is 0 Å². The number of nitrogens with one attached hydrogen (secondary N) is 2. The minimum Gasteiger partial charge on any atom is -0.496 e. The summed E-state index contributed by atoms with van der Waals surface area (Å²) in [5.41, 5.74) is 1.23. The first-order chi connectivity index (χ1) is 9.11. The van der Waals surface area contributed by atoms with Crippen molar-refractivity contribution in [3.8, 4) is 5.75 Å². The van der Waals surface area contributed by atoms with Crippen molar-refractivity contribution < 1.29 is 9.53 Å². The van der Waals surface area contributed by atoms with Crippen LogP contribution in [-0.4, -0.2) is 23.2 Å². The summed E-state index contributed by atoms with van der Waals surface area (Å²) in [5.74, 6) is 0.251. The van der Waals surface area contributed by atoms with Gasteiger partial charge >= 0.3 is 0 Å². The molecule has 5 nitrogen and oxygen atoms in total. The molecule has 0 aliphatic heterocycles. The van der Waals surface area contributed by atoms with Gasteiger partial charge in [-0.2, -0.15) is 5.10 Å². The molecular weight excluding hydrogens is 381 g/mol. The Morgan fingerprint density at radius 2 is 2.37 bits per heavy atom. The predicted molar refractivity (Wildman–Crippen MR) is 80.5 cm³/mol. The summed E-state index contributed by atoms with van der Waals surface area (Å²) in [6, 6.07) is 5.12. The van der Waals surface area contributed by atoms with Gasteiger partial charge in [0.1, 0.15) is 5.75 Å². The van der Waals surface area contributed by atoms with Crippen LogP contribution >= 0.6 is 34.2 Å². The van der Waals surface area contributed by atoms with Crippen LogP contribution in [0, 0.1) is 3.57 Å². The number of aromatic nitrogens is 2. The zero-order chi connectivity index (χ0) is 13.8. The van der Waals surface area contributed by atoms with Crippen molar-refractivity contribution in [3.63, 3.8) is 0 Å². The SMILES string of the molecule is COc1cc(I)c(Cl)cc1C(=O)NCc1ccn[nH]1. The van der Waals surface area contributed by atoms with E-state index in [2.05, 4.69) is 38.1 Å². The third-order valence-corrected chi connectivity index (χ3v) is 4.01. The van der Waals surface area contributed by atoms with E-state index < -0.39 is 0 Å². The minimum absolute atomic E-state index is 0.246. The second-order valence-corrected chi connectivity index (χ2v) is 5.30. The largest absolute Gasteiger partial charge is 0.496 e. The molecule has 0 bridgehead atoms. The molecule has 0 aliphatic rings. The van der Waals surface area contributed by atoms with Gasteiger partial charge in [-0.15, -0.1) is 0 Å². The monoisotopic (exact) mass is 391 g/mol. The van der Waals surface area contributed by atoms with Gasteiger partial charge in [0, 0.05) is 9.77 Å². The van der Waals surface area contributed by atoms with Crippen LogP contribution in [0.1, 0.15) is 16.1 Å². The molecule has 1 aromatic heterocycles. The fourth-order valence-electron chi connectivity index (χ4n) is 1.53. The number of carbonyl (C=O) groups excluding carboxylic acids is 1. The highest BCUT2D eigenvalue weighted by molar-refractivity contribution is 14.1. The van der Waals surface area contributed by atoms with Crippen molar-refractivity contribution in [2.75, 3.05) is 7.11 Å². The van der Waals surface area contributed by atoms with Gasteiger partial charge in [-0.1, -0.05) is 11.6 Å². The molecule has 100 valence electrons. The molecule has 1 aromatic carbocycles. The van der Waals surface area contributed by atoms with Crippen LogP contribution in [0.2, 0.25) is 5.02 Å². The molecule has 2 aromatic rings. The molecule has 19 heavy (non-hydrogen) atoms. The number of rotatable bonds is 4. The van der Waals surface area contributed by atoms with Crippen LogP contribution in [0.3, 0.4) is 0 Å². The molecule has 0 spiro atoms. The Labute approximate surface area is 128 Å². The lowest BCUT2D eigenvalue weighted by Crippen LogP contribution is -2.23. The van der Waals surface area contributed by atoms with E-state index in [1.807, 2.05) is 0 Å². The first kappa shape index (κ1) is 14.1. The van der Waals surface area contributed by atoms with Crippen molar-refractivity contribution in [2.45, 2.75) is 6.54 Å². The van der Waals surface area contributed by atoms with Crippen molar-refractivity contribution in [3.05, 3.63) is 44.2 Å². The number of hydrogen-bond acceptors (Lipinski definition) is 3. The zero-order valence-electron chi connectivity index (χ0n) is 10.0. The van der Waals surface area contributed by atoms with Gasteiger partial charge in [0.2, 0.25) is 0 Å². The number of nitrogens with zero attached hydrogens (tertiary/aromatic N) is 1. The number of amides is 1. The maximum Gasteiger partial charge on any atom is 0.255 e. The molecule has 0 atom stereocenters. The summed E-state index contributed by atoms with van der Waals surface area (Å²) in [6.45, 7) is 0.367. The number of carbonyl (C=O) groups is 1. The van der Waals surface area contributed by atoms with Gasteiger partial charge in [-0.25, -0.2) is 0 Å². The van der Waals surface area contributed by atoms with Gasteiger partial charge in [-0.3, -0.25) is 9.89 Å². The highest BCUT2D eigenvalue weighted by atomic mass is 127. The standard InChI is InChI=1S/C12H11ClIN3O2/c1-19-11-5-10(14)9(13)4-8(11)12(18)15-6-7-2-3-16-17-7/h2-5H,6H2,1H3,(H,15,18)(H,16,17). The zero-order valence-corrected chi connectivity index (χ0v) is 12.9. The number of ether oxygens (including phenoxy) is 1. The fraction of sp³-hybridized carbons (Fsp3) is 0.167. The highest BCUT2D eigenvalue weighted by Gasteiger charge is 2.15. The molecule has 2 rings (SSSR count). The van der Waals surface area contributed by atoms with Crippen LogP contribution < -0.4 is 10.1 Å². The number of benzene rings is 1. The van der Waals surface area contributed by atoms with Crippen molar-refractivity contribution in [2.24, 2.45) is 0 Å². The highest BCUT2D eigenvalue weighted by Crippen LogP contribution is 2.28. The Morgan fingerprint density at radius 3 is 3.00 bits per heavy atom. The first-order valence-corrected chi connectivity index (χ1v) is 6.87. The van der Waals surface area contributed by atoms with Crippen LogP contribution in [0.25, 0.3) is 0 Å². The molecule has 1 heterocycles. The van der Waals surface area contributed by atoms with E-state index in [0.717, 1.165) is 9.26 Å². The molecule has 0 aliphatic carbocycles.